The number of rotatable bonds is 6. The highest BCUT2D eigenvalue weighted by atomic mass is 16.1. The van der Waals surface area contributed by atoms with Gasteiger partial charge in [-0.05, 0) is 50.7 Å². The van der Waals surface area contributed by atoms with Crippen molar-refractivity contribution in [2.75, 3.05) is 6.54 Å². The van der Waals surface area contributed by atoms with Gasteiger partial charge in [-0.3, -0.25) is 4.79 Å². The maximum atomic E-state index is 11.7. The first-order valence-electron chi connectivity index (χ1n) is 7.55. The number of hydrogen-bond donors (Lipinski definition) is 2. The van der Waals surface area contributed by atoms with Crippen molar-refractivity contribution >= 4 is 5.91 Å². The molecule has 0 aromatic heterocycles. The lowest BCUT2D eigenvalue weighted by atomic mass is 10.0. The van der Waals surface area contributed by atoms with Crippen molar-refractivity contribution in [3.05, 3.63) is 35.4 Å². The van der Waals surface area contributed by atoms with E-state index in [0.29, 0.717) is 6.42 Å². The summed E-state index contributed by atoms with van der Waals surface area (Å²) < 4.78 is 0. The van der Waals surface area contributed by atoms with Crippen LogP contribution < -0.4 is 10.6 Å². The predicted molar refractivity (Wildman–Crippen MR) is 82.6 cm³/mol. The molecule has 1 aromatic carbocycles. The van der Waals surface area contributed by atoms with Gasteiger partial charge in [0.25, 0.3) is 0 Å². The highest BCUT2D eigenvalue weighted by Gasteiger charge is 2.25. The Kier molecular flexibility index (Phi) is 4.81. The Balaban J connectivity index is 1.72. The van der Waals surface area contributed by atoms with Crippen LogP contribution in [0.15, 0.2) is 24.3 Å². The fraction of sp³-hybridized carbons (Fsp3) is 0.588. The molecule has 0 radical (unpaired) electrons. The lowest BCUT2D eigenvalue weighted by molar-refractivity contribution is -0.122. The van der Waals surface area contributed by atoms with Gasteiger partial charge in [-0.15, -0.1) is 0 Å². The van der Waals surface area contributed by atoms with E-state index in [1.54, 1.807) is 0 Å². The Morgan fingerprint density at radius 3 is 2.60 bits per heavy atom. The third kappa shape index (κ3) is 4.97. The van der Waals surface area contributed by atoms with Crippen LogP contribution in [-0.4, -0.2) is 18.0 Å². The smallest absolute Gasteiger partial charge is 0.221 e. The van der Waals surface area contributed by atoms with Crippen molar-refractivity contribution in [1.82, 2.24) is 10.6 Å². The maximum Gasteiger partial charge on any atom is 0.221 e. The van der Waals surface area contributed by atoms with E-state index in [1.807, 2.05) is 20.8 Å². The fourth-order valence-corrected chi connectivity index (χ4v) is 2.39. The van der Waals surface area contributed by atoms with E-state index >= 15 is 0 Å². The number of carbonyl (C=O) groups excluding carboxylic acids is 1. The van der Waals surface area contributed by atoms with Gasteiger partial charge in [0.05, 0.1) is 0 Å². The normalized spacial score (nSPS) is 15.2. The minimum Gasteiger partial charge on any atom is -0.351 e. The predicted octanol–water partition coefficient (Wildman–Crippen LogP) is 2.96. The van der Waals surface area contributed by atoms with E-state index in [2.05, 4.69) is 34.9 Å². The summed E-state index contributed by atoms with van der Waals surface area (Å²) in [5, 5.41) is 6.36. The third-order valence-corrected chi connectivity index (χ3v) is 3.43. The van der Waals surface area contributed by atoms with E-state index in [1.165, 1.54) is 24.0 Å². The van der Waals surface area contributed by atoms with Crippen molar-refractivity contribution in [2.24, 2.45) is 0 Å². The van der Waals surface area contributed by atoms with E-state index in [9.17, 15) is 4.79 Å². The highest BCUT2D eigenvalue weighted by Crippen LogP contribution is 2.41. The van der Waals surface area contributed by atoms with Gasteiger partial charge in [0, 0.05) is 25.0 Å². The van der Waals surface area contributed by atoms with E-state index < -0.39 is 0 Å². The summed E-state index contributed by atoms with van der Waals surface area (Å²) in [6, 6.07) is 8.64. The van der Waals surface area contributed by atoms with Crippen LogP contribution in [0.4, 0.5) is 0 Å². The van der Waals surface area contributed by atoms with Crippen molar-refractivity contribution in [3.63, 3.8) is 0 Å². The summed E-state index contributed by atoms with van der Waals surface area (Å²) >= 11 is 0. The number of hydrogen-bond acceptors (Lipinski definition) is 2. The first-order valence-corrected chi connectivity index (χ1v) is 7.55. The Labute approximate surface area is 122 Å². The minimum absolute atomic E-state index is 0.112. The molecule has 0 saturated heterocycles. The molecule has 0 aliphatic heterocycles. The van der Waals surface area contributed by atoms with Gasteiger partial charge in [-0.1, -0.05) is 24.3 Å². The average Bonchev–Trinajstić information content (AvgIpc) is 3.17. The topological polar surface area (TPSA) is 41.1 Å². The second-order valence-corrected chi connectivity index (χ2v) is 6.70. The molecular weight excluding hydrogens is 248 g/mol. The van der Waals surface area contributed by atoms with Crippen LogP contribution in [0, 0.1) is 0 Å². The second-order valence-electron chi connectivity index (χ2n) is 6.70. The van der Waals surface area contributed by atoms with Crippen molar-refractivity contribution in [3.8, 4) is 0 Å². The third-order valence-electron chi connectivity index (χ3n) is 3.43. The number of amides is 1. The van der Waals surface area contributed by atoms with Gasteiger partial charge in [-0.25, -0.2) is 0 Å². The molecule has 110 valence electrons. The van der Waals surface area contributed by atoms with Crippen molar-refractivity contribution < 1.29 is 4.79 Å². The van der Waals surface area contributed by atoms with Gasteiger partial charge >= 0.3 is 0 Å². The van der Waals surface area contributed by atoms with E-state index in [-0.39, 0.29) is 11.4 Å². The number of benzene rings is 1. The number of carbonyl (C=O) groups is 1. The molecule has 3 nitrogen and oxygen atoms in total. The molecule has 1 aliphatic rings. The molecular formula is C17H26N2O. The highest BCUT2D eigenvalue weighted by molar-refractivity contribution is 5.76. The largest absolute Gasteiger partial charge is 0.351 e. The molecule has 0 bridgehead atoms. The van der Waals surface area contributed by atoms with Gasteiger partial charge in [0.1, 0.15) is 0 Å². The van der Waals surface area contributed by atoms with Crippen LogP contribution in [0.2, 0.25) is 0 Å². The lowest BCUT2D eigenvalue weighted by Crippen LogP contribution is -2.41. The second kappa shape index (κ2) is 6.40. The first-order chi connectivity index (χ1) is 9.46. The first kappa shape index (κ1) is 15.0. The minimum atomic E-state index is -0.143. The molecule has 0 unspecified atom stereocenters. The molecule has 1 fully saturated rings. The Morgan fingerprint density at radius 1 is 1.25 bits per heavy atom. The van der Waals surface area contributed by atoms with Gasteiger partial charge in [-0.2, -0.15) is 0 Å². The molecule has 2 rings (SSSR count). The van der Waals surface area contributed by atoms with Crippen molar-refractivity contribution in [1.29, 1.82) is 0 Å². The quantitative estimate of drug-likeness (QED) is 0.783. The van der Waals surface area contributed by atoms with Gasteiger partial charge < -0.3 is 10.6 Å². The fourth-order valence-electron chi connectivity index (χ4n) is 2.39. The Bertz CT molecular complexity index is 458. The van der Waals surface area contributed by atoms with Crippen LogP contribution in [-0.2, 0) is 11.3 Å². The molecule has 1 saturated carbocycles. The zero-order valence-corrected chi connectivity index (χ0v) is 12.8. The summed E-state index contributed by atoms with van der Waals surface area (Å²) in [6.45, 7) is 7.59. The standard InChI is InChI=1S/C17H26N2O/c1-17(2,3)19-16(20)10-11-18-12-14-6-4-5-7-15(14)13-8-9-13/h4-7,13,18H,8-12H2,1-3H3,(H,19,20). The van der Waals surface area contributed by atoms with Gasteiger partial charge in [0.15, 0.2) is 0 Å². The molecule has 3 heteroatoms. The molecule has 0 spiro atoms. The van der Waals surface area contributed by atoms with Gasteiger partial charge in [0.2, 0.25) is 5.91 Å². The average molecular weight is 274 g/mol. The SMILES string of the molecule is CC(C)(C)NC(=O)CCNCc1ccccc1C1CC1. The van der Waals surface area contributed by atoms with Crippen LogP contribution in [0.5, 0.6) is 0 Å². The van der Waals surface area contributed by atoms with Crippen molar-refractivity contribution in [2.45, 2.75) is 58.0 Å². The summed E-state index contributed by atoms with van der Waals surface area (Å²) in [4.78, 5) is 11.7. The summed E-state index contributed by atoms with van der Waals surface area (Å²) in [5.74, 6) is 0.887. The van der Waals surface area contributed by atoms with Crippen LogP contribution in [0.1, 0.15) is 57.1 Å². The molecule has 0 atom stereocenters. The monoisotopic (exact) mass is 274 g/mol. The maximum absolute atomic E-state index is 11.7. The summed E-state index contributed by atoms with van der Waals surface area (Å²) in [7, 11) is 0. The van der Waals surface area contributed by atoms with E-state index in [0.717, 1.165) is 19.0 Å². The Morgan fingerprint density at radius 2 is 1.95 bits per heavy atom. The summed E-state index contributed by atoms with van der Waals surface area (Å²) in [5.41, 5.74) is 2.72. The summed E-state index contributed by atoms with van der Waals surface area (Å²) in [6.07, 6.45) is 3.18. The van der Waals surface area contributed by atoms with Crippen LogP contribution in [0.3, 0.4) is 0 Å². The molecule has 20 heavy (non-hydrogen) atoms. The zero-order valence-electron chi connectivity index (χ0n) is 12.8. The molecule has 1 aliphatic carbocycles. The zero-order chi connectivity index (χ0) is 14.6. The molecule has 0 heterocycles. The van der Waals surface area contributed by atoms with Crippen LogP contribution in [0.25, 0.3) is 0 Å². The molecule has 1 amide bonds. The lowest BCUT2D eigenvalue weighted by Gasteiger charge is -2.20. The van der Waals surface area contributed by atoms with Crippen LogP contribution >= 0.6 is 0 Å². The van der Waals surface area contributed by atoms with E-state index in [4.69, 9.17) is 0 Å². The molecule has 1 aromatic rings. The number of nitrogens with one attached hydrogen (secondary N) is 2. The molecule has 2 N–H and O–H groups in total. The Hall–Kier alpha value is -1.35.